The van der Waals surface area contributed by atoms with Crippen molar-refractivity contribution in [2.45, 2.75) is 26.2 Å². The van der Waals surface area contributed by atoms with Crippen LogP contribution in [0.4, 0.5) is 0 Å². The van der Waals surface area contributed by atoms with Crippen LogP contribution in [-0.2, 0) is 4.79 Å². The monoisotopic (exact) mass is 196 g/mol. The fraction of sp³-hybridized carbons (Fsp3) is 0.727. The van der Waals surface area contributed by atoms with E-state index in [9.17, 15) is 4.79 Å². The van der Waals surface area contributed by atoms with E-state index in [4.69, 9.17) is 0 Å². The van der Waals surface area contributed by atoms with Gasteiger partial charge in [0.15, 0.2) is 0 Å². The quantitative estimate of drug-likeness (QED) is 0.529. The zero-order valence-electron chi connectivity index (χ0n) is 8.96. The summed E-state index contributed by atoms with van der Waals surface area (Å²) >= 11 is 0. The highest BCUT2D eigenvalue weighted by atomic mass is 16.2. The molecule has 0 unspecified atom stereocenters. The summed E-state index contributed by atoms with van der Waals surface area (Å²) in [6.45, 7) is 5.31. The predicted molar refractivity (Wildman–Crippen MR) is 58.1 cm³/mol. The van der Waals surface area contributed by atoms with Crippen molar-refractivity contribution in [2.75, 3.05) is 26.2 Å². The molecule has 1 amide bonds. The molecule has 0 aromatic heterocycles. The maximum Gasteiger partial charge on any atom is 0.236 e. The van der Waals surface area contributed by atoms with Gasteiger partial charge in [0.05, 0.1) is 6.54 Å². The SMILES string of the molecule is C/C=C/CCNCC(=O)N1CCCC1. The molecule has 0 radical (unpaired) electrons. The van der Waals surface area contributed by atoms with Gasteiger partial charge in [0, 0.05) is 13.1 Å². The average Bonchev–Trinajstić information content (AvgIpc) is 2.70. The molecule has 1 aliphatic heterocycles. The molecule has 3 nitrogen and oxygen atoms in total. The van der Waals surface area contributed by atoms with Crippen molar-refractivity contribution in [1.82, 2.24) is 10.2 Å². The van der Waals surface area contributed by atoms with E-state index in [1.807, 2.05) is 17.9 Å². The van der Waals surface area contributed by atoms with E-state index in [2.05, 4.69) is 11.4 Å². The van der Waals surface area contributed by atoms with Gasteiger partial charge in [-0.05, 0) is 32.7 Å². The van der Waals surface area contributed by atoms with Crippen molar-refractivity contribution in [1.29, 1.82) is 0 Å². The Bertz CT molecular complexity index is 195. The van der Waals surface area contributed by atoms with Gasteiger partial charge in [0.25, 0.3) is 0 Å². The van der Waals surface area contributed by atoms with Gasteiger partial charge in [0.2, 0.25) is 5.91 Å². The van der Waals surface area contributed by atoms with Crippen molar-refractivity contribution >= 4 is 5.91 Å². The minimum absolute atomic E-state index is 0.253. The Hall–Kier alpha value is -0.830. The Morgan fingerprint density at radius 2 is 2.14 bits per heavy atom. The van der Waals surface area contributed by atoms with Crippen molar-refractivity contribution in [3.63, 3.8) is 0 Å². The third-order valence-electron chi connectivity index (χ3n) is 2.46. The van der Waals surface area contributed by atoms with Crippen molar-refractivity contribution in [3.8, 4) is 0 Å². The van der Waals surface area contributed by atoms with Crippen molar-refractivity contribution in [2.24, 2.45) is 0 Å². The molecule has 0 aliphatic carbocycles. The van der Waals surface area contributed by atoms with Gasteiger partial charge >= 0.3 is 0 Å². The standard InChI is InChI=1S/C11H20N2O/c1-2-3-4-7-12-10-11(14)13-8-5-6-9-13/h2-3,12H,4-10H2,1H3/b3-2+. The van der Waals surface area contributed by atoms with E-state index in [0.717, 1.165) is 26.1 Å². The van der Waals surface area contributed by atoms with Crippen LogP contribution in [0.2, 0.25) is 0 Å². The Labute approximate surface area is 86.2 Å². The van der Waals surface area contributed by atoms with Crippen LogP contribution in [0.15, 0.2) is 12.2 Å². The third kappa shape index (κ3) is 3.92. The van der Waals surface area contributed by atoms with Crippen LogP contribution < -0.4 is 5.32 Å². The number of hydrogen-bond acceptors (Lipinski definition) is 2. The van der Waals surface area contributed by atoms with Gasteiger partial charge in [-0.2, -0.15) is 0 Å². The second kappa shape index (κ2) is 6.60. The third-order valence-corrected chi connectivity index (χ3v) is 2.46. The number of likely N-dealkylation sites (tertiary alicyclic amines) is 1. The molecule has 1 heterocycles. The average molecular weight is 196 g/mol. The molecule has 1 aliphatic rings. The van der Waals surface area contributed by atoms with Gasteiger partial charge in [-0.1, -0.05) is 12.2 Å². The Kier molecular flexibility index (Phi) is 5.30. The lowest BCUT2D eigenvalue weighted by atomic mass is 10.4. The van der Waals surface area contributed by atoms with Gasteiger partial charge in [-0.15, -0.1) is 0 Å². The first-order chi connectivity index (χ1) is 6.84. The molecular weight excluding hydrogens is 176 g/mol. The fourth-order valence-electron chi connectivity index (χ4n) is 1.63. The Morgan fingerprint density at radius 1 is 1.43 bits per heavy atom. The highest BCUT2D eigenvalue weighted by molar-refractivity contribution is 5.78. The summed E-state index contributed by atoms with van der Waals surface area (Å²) in [5.74, 6) is 0.253. The Morgan fingerprint density at radius 3 is 2.79 bits per heavy atom. The summed E-state index contributed by atoms with van der Waals surface area (Å²) in [4.78, 5) is 13.5. The minimum Gasteiger partial charge on any atom is -0.342 e. The molecule has 0 aromatic carbocycles. The molecule has 0 saturated carbocycles. The normalized spacial score (nSPS) is 16.8. The minimum atomic E-state index is 0.253. The van der Waals surface area contributed by atoms with E-state index in [0.29, 0.717) is 6.54 Å². The summed E-state index contributed by atoms with van der Waals surface area (Å²) in [6, 6.07) is 0. The van der Waals surface area contributed by atoms with Crippen LogP contribution in [0.5, 0.6) is 0 Å². The second-order valence-electron chi connectivity index (χ2n) is 3.62. The highest BCUT2D eigenvalue weighted by Crippen LogP contribution is 2.06. The van der Waals surface area contributed by atoms with E-state index in [-0.39, 0.29) is 5.91 Å². The molecule has 80 valence electrons. The number of carbonyl (C=O) groups is 1. The number of amides is 1. The zero-order valence-corrected chi connectivity index (χ0v) is 8.96. The summed E-state index contributed by atoms with van der Waals surface area (Å²) in [5, 5.41) is 3.15. The van der Waals surface area contributed by atoms with Gasteiger partial charge < -0.3 is 10.2 Å². The van der Waals surface area contributed by atoms with Crippen LogP contribution >= 0.6 is 0 Å². The summed E-state index contributed by atoms with van der Waals surface area (Å²) < 4.78 is 0. The first kappa shape index (κ1) is 11.2. The summed E-state index contributed by atoms with van der Waals surface area (Å²) in [7, 11) is 0. The van der Waals surface area contributed by atoms with Crippen molar-refractivity contribution in [3.05, 3.63) is 12.2 Å². The lowest BCUT2D eigenvalue weighted by Crippen LogP contribution is -2.36. The number of hydrogen-bond donors (Lipinski definition) is 1. The fourth-order valence-corrected chi connectivity index (χ4v) is 1.63. The molecule has 0 aromatic rings. The molecule has 1 N–H and O–H groups in total. The first-order valence-corrected chi connectivity index (χ1v) is 5.44. The van der Waals surface area contributed by atoms with Crippen LogP contribution in [0.1, 0.15) is 26.2 Å². The van der Waals surface area contributed by atoms with Crippen molar-refractivity contribution < 1.29 is 4.79 Å². The number of nitrogens with one attached hydrogen (secondary N) is 1. The lowest BCUT2D eigenvalue weighted by Gasteiger charge is -2.15. The van der Waals surface area contributed by atoms with E-state index in [1.165, 1.54) is 12.8 Å². The number of nitrogens with zero attached hydrogens (tertiary/aromatic N) is 1. The molecule has 3 heteroatoms. The van der Waals surface area contributed by atoms with Crippen LogP contribution in [0.25, 0.3) is 0 Å². The molecule has 0 atom stereocenters. The number of rotatable bonds is 5. The molecule has 0 bridgehead atoms. The zero-order chi connectivity index (χ0) is 10.2. The second-order valence-corrected chi connectivity index (χ2v) is 3.62. The topological polar surface area (TPSA) is 32.3 Å². The van der Waals surface area contributed by atoms with E-state index < -0.39 is 0 Å². The summed E-state index contributed by atoms with van der Waals surface area (Å²) in [6.07, 6.45) is 7.48. The van der Waals surface area contributed by atoms with Gasteiger partial charge in [-0.25, -0.2) is 0 Å². The highest BCUT2D eigenvalue weighted by Gasteiger charge is 2.16. The predicted octanol–water partition coefficient (Wildman–Crippen LogP) is 1.16. The van der Waals surface area contributed by atoms with Gasteiger partial charge in [0.1, 0.15) is 0 Å². The van der Waals surface area contributed by atoms with E-state index >= 15 is 0 Å². The van der Waals surface area contributed by atoms with Crippen LogP contribution in [0, 0.1) is 0 Å². The molecule has 1 fully saturated rings. The Balaban J connectivity index is 2.02. The lowest BCUT2D eigenvalue weighted by molar-refractivity contribution is -0.129. The molecule has 1 rings (SSSR count). The molecular formula is C11H20N2O. The molecule has 1 saturated heterocycles. The maximum atomic E-state index is 11.5. The maximum absolute atomic E-state index is 11.5. The number of carbonyl (C=O) groups excluding carboxylic acids is 1. The smallest absolute Gasteiger partial charge is 0.236 e. The van der Waals surface area contributed by atoms with E-state index in [1.54, 1.807) is 0 Å². The molecule has 14 heavy (non-hydrogen) atoms. The van der Waals surface area contributed by atoms with Crippen LogP contribution in [0.3, 0.4) is 0 Å². The van der Waals surface area contributed by atoms with Gasteiger partial charge in [-0.3, -0.25) is 4.79 Å². The first-order valence-electron chi connectivity index (χ1n) is 5.44. The van der Waals surface area contributed by atoms with Crippen LogP contribution in [-0.4, -0.2) is 37.0 Å². The molecule has 0 spiro atoms. The number of allylic oxidation sites excluding steroid dienone is 1. The largest absolute Gasteiger partial charge is 0.342 e. The summed E-state index contributed by atoms with van der Waals surface area (Å²) in [5.41, 5.74) is 0.